The van der Waals surface area contributed by atoms with Crippen LogP contribution in [0.3, 0.4) is 0 Å². The van der Waals surface area contributed by atoms with Gasteiger partial charge in [-0.05, 0) is 81.5 Å². The fourth-order valence-electron chi connectivity index (χ4n) is 5.98. The minimum Gasteiger partial charge on any atom is -0.462 e. The van der Waals surface area contributed by atoms with Crippen LogP contribution >= 0.6 is 0 Å². The van der Waals surface area contributed by atoms with Gasteiger partial charge in [0.25, 0.3) is 0 Å². The summed E-state index contributed by atoms with van der Waals surface area (Å²) in [4.78, 5) is 13.3. The third-order valence-corrected chi connectivity index (χ3v) is 14.1. The number of allylic oxidation sites excluding steroid dienone is 4. The first-order valence-electron chi connectivity index (χ1n) is 17.7. The predicted molar refractivity (Wildman–Crippen MR) is 198 cm³/mol. The smallest absolute Gasteiger partial charge is 0.336 e. The van der Waals surface area contributed by atoms with E-state index in [1.165, 1.54) is 7.11 Å². The van der Waals surface area contributed by atoms with E-state index in [2.05, 4.69) is 59.8 Å². The molecule has 0 bridgehead atoms. The van der Waals surface area contributed by atoms with Crippen molar-refractivity contribution in [3.05, 3.63) is 94.6 Å². The first-order chi connectivity index (χ1) is 23.0. The molecule has 1 aromatic rings. The average Bonchev–Trinajstić information content (AvgIpc) is 3.09. The largest absolute Gasteiger partial charge is 0.462 e. The Balaban J connectivity index is 2.61. The van der Waals surface area contributed by atoms with Crippen molar-refractivity contribution in [3.8, 4) is 0 Å². The van der Waals surface area contributed by atoms with Crippen LogP contribution in [0.25, 0.3) is 0 Å². The highest BCUT2D eigenvalue weighted by atomic mass is 28.4. The maximum absolute atomic E-state index is 13.3. The number of cyclic esters (lactones) is 1. The minimum atomic E-state index is -1.97. The molecule has 268 valence electrons. The predicted octanol–water partition coefficient (Wildman–Crippen LogP) is 8.87. The first-order valence-corrected chi connectivity index (χ1v) is 20.2. The molecule has 0 amide bonds. The minimum absolute atomic E-state index is 0.0394. The number of esters is 1. The van der Waals surface area contributed by atoms with Crippen molar-refractivity contribution in [3.63, 3.8) is 0 Å². The van der Waals surface area contributed by atoms with E-state index in [1.807, 2.05) is 50.3 Å². The van der Waals surface area contributed by atoms with Gasteiger partial charge in [0.15, 0.2) is 8.32 Å². The van der Waals surface area contributed by atoms with Crippen molar-refractivity contribution < 1.29 is 33.3 Å². The number of methoxy groups -OCH3 is 1. The zero-order valence-corrected chi connectivity index (χ0v) is 32.0. The number of hydrogen-bond donors (Lipinski definition) is 1. The van der Waals surface area contributed by atoms with E-state index in [4.69, 9.17) is 23.4 Å². The van der Waals surface area contributed by atoms with Gasteiger partial charge in [-0.2, -0.15) is 0 Å². The molecular formula is C40H62O7Si. The molecule has 0 radical (unpaired) electrons. The summed E-state index contributed by atoms with van der Waals surface area (Å²) < 4.78 is 30.0. The van der Waals surface area contributed by atoms with Crippen molar-refractivity contribution >= 4 is 14.3 Å². The summed E-state index contributed by atoms with van der Waals surface area (Å²) in [6.45, 7) is 17.9. The van der Waals surface area contributed by atoms with Crippen molar-refractivity contribution in [2.24, 2.45) is 11.8 Å². The zero-order valence-electron chi connectivity index (χ0n) is 31.0. The molecule has 1 aromatic carbocycles. The molecule has 1 aliphatic rings. The van der Waals surface area contributed by atoms with E-state index in [-0.39, 0.29) is 44.1 Å². The van der Waals surface area contributed by atoms with Crippen LogP contribution in [-0.2, 0) is 34.8 Å². The Morgan fingerprint density at radius 3 is 2.29 bits per heavy atom. The number of carbonyl (C=O) groups is 1. The highest BCUT2D eigenvalue weighted by Gasteiger charge is 2.35. The van der Waals surface area contributed by atoms with Crippen LogP contribution in [0.4, 0.5) is 0 Å². The Labute approximate surface area is 291 Å². The Kier molecular flexibility index (Phi) is 19.2. The number of aliphatic hydroxyl groups is 1. The molecular weight excluding hydrogens is 621 g/mol. The number of benzene rings is 1. The standard InChI is InChI=1S/C40H62O7Si/c1-10-35-25-31(6)38(41)22-18-17-21-36(27-44-29-43-9)40(42)46-28-37(33(8)45-26-34-19-15-14-16-20-34)24-30(5)23-32(7)39(35)47-48(11-2,12-3)13-4/h14-21,23-25,33,35,37-39,41H,10-13,22,26-29H2,1-9H3/b18-17+,30-24+,31-25-,32-23+,36-21-/t33-,35?,37+,38-,39-/m0/s1. The number of rotatable bonds is 14. The van der Waals surface area contributed by atoms with E-state index < -0.39 is 20.4 Å². The quantitative estimate of drug-likeness (QED) is 0.0690. The molecule has 0 spiro atoms. The van der Waals surface area contributed by atoms with Crippen LogP contribution in [-0.4, -0.2) is 64.8 Å². The molecule has 0 saturated carbocycles. The lowest BCUT2D eigenvalue weighted by Crippen LogP contribution is -2.42. The molecule has 48 heavy (non-hydrogen) atoms. The van der Waals surface area contributed by atoms with E-state index in [0.29, 0.717) is 18.6 Å². The van der Waals surface area contributed by atoms with Crippen molar-refractivity contribution in [1.82, 2.24) is 0 Å². The fraction of sp³-hybridized carbons (Fsp3) is 0.575. The van der Waals surface area contributed by atoms with Gasteiger partial charge in [0.05, 0.1) is 37.1 Å². The number of carbonyl (C=O) groups excluding carboxylic acids is 1. The van der Waals surface area contributed by atoms with Crippen LogP contribution in [0.1, 0.15) is 73.8 Å². The molecule has 0 aliphatic carbocycles. The normalized spacial score (nSPS) is 27.8. The lowest BCUT2D eigenvalue weighted by molar-refractivity contribution is -0.142. The molecule has 2 rings (SSSR count). The zero-order chi connectivity index (χ0) is 35.5. The van der Waals surface area contributed by atoms with Gasteiger partial charge in [0, 0.05) is 18.9 Å². The van der Waals surface area contributed by atoms with E-state index >= 15 is 0 Å². The van der Waals surface area contributed by atoms with Gasteiger partial charge in [-0.15, -0.1) is 0 Å². The molecule has 0 fully saturated rings. The summed E-state index contributed by atoms with van der Waals surface area (Å²) in [5.41, 5.74) is 4.55. The monoisotopic (exact) mass is 682 g/mol. The molecule has 7 nitrogen and oxygen atoms in total. The van der Waals surface area contributed by atoms with Crippen LogP contribution < -0.4 is 0 Å². The van der Waals surface area contributed by atoms with Crippen LogP contribution in [0.15, 0.2) is 89.1 Å². The molecule has 0 aromatic heterocycles. The van der Waals surface area contributed by atoms with E-state index in [0.717, 1.165) is 46.8 Å². The molecule has 0 saturated heterocycles. The maximum atomic E-state index is 13.3. The summed E-state index contributed by atoms with van der Waals surface area (Å²) in [6.07, 6.45) is 12.2. The molecule has 8 heteroatoms. The molecule has 1 unspecified atom stereocenters. The van der Waals surface area contributed by atoms with Crippen molar-refractivity contribution in [2.45, 2.75) is 111 Å². The van der Waals surface area contributed by atoms with Gasteiger partial charge in [0.1, 0.15) is 13.4 Å². The van der Waals surface area contributed by atoms with Gasteiger partial charge in [0.2, 0.25) is 0 Å². The highest BCUT2D eigenvalue weighted by Crippen LogP contribution is 2.32. The molecule has 1 N–H and O–H groups in total. The lowest BCUT2D eigenvalue weighted by atomic mass is 9.89. The van der Waals surface area contributed by atoms with Crippen molar-refractivity contribution in [1.29, 1.82) is 0 Å². The summed E-state index contributed by atoms with van der Waals surface area (Å²) >= 11 is 0. The topological polar surface area (TPSA) is 83.5 Å². The van der Waals surface area contributed by atoms with E-state index in [9.17, 15) is 9.90 Å². The highest BCUT2D eigenvalue weighted by molar-refractivity contribution is 6.73. The number of ether oxygens (including phenoxy) is 4. The third-order valence-electron chi connectivity index (χ3n) is 9.43. The summed E-state index contributed by atoms with van der Waals surface area (Å²) in [6, 6.07) is 13.2. The molecule has 5 atom stereocenters. The van der Waals surface area contributed by atoms with Gasteiger partial charge in [-0.1, -0.05) is 94.0 Å². The Morgan fingerprint density at radius 1 is 0.979 bits per heavy atom. The first kappa shape index (κ1) is 41.6. The summed E-state index contributed by atoms with van der Waals surface area (Å²) in [5.74, 6) is -0.561. The van der Waals surface area contributed by atoms with Gasteiger partial charge in [-0.3, -0.25) is 0 Å². The Morgan fingerprint density at radius 2 is 1.67 bits per heavy atom. The van der Waals surface area contributed by atoms with Crippen LogP contribution in [0, 0.1) is 11.8 Å². The van der Waals surface area contributed by atoms with Gasteiger partial charge >= 0.3 is 5.97 Å². The van der Waals surface area contributed by atoms with Gasteiger partial charge in [-0.25, -0.2) is 4.79 Å². The summed E-state index contributed by atoms with van der Waals surface area (Å²) in [7, 11) is -0.432. The average molecular weight is 683 g/mol. The number of hydrogen-bond acceptors (Lipinski definition) is 7. The third kappa shape index (κ3) is 13.7. The van der Waals surface area contributed by atoms with Crippen LogP contribution in [0.5, 0.6) is 0 Å². The Hall–Kier alpha value is -2.59. The SMILES string of the molecule is CCC1/C=C(/C)[C@@H](O)C/C=C/C=C(/COCOC)C(=O)OC[C@H]([C@H](C)OCc2ccccc2)/C=C(C)/C=C(\C)[C@@H]1O[Si](CC)(CC)CC. The van der Waals surface area contributed by atoms with E-state index in [1.54, 1.807) is 12.2 Å². The fourth-order valence-corrected chi connectivity index (χ4v) is 8.88. The lowest BCUT2D eigenvalue weighted by Gasteiger charge is -2.37. The van der Waals surface area contributed by atoms with Crippen LogP contribution in [0.2, 0.25) is 18.1 Å². The second-order valence-electron chi connectivity index (χ2n) is 13.0. The maximum Gasteiger partial charge on any atom is 0.336 e. The van der Waals surface area contributed by atoms with Gasteiger partial charge < -0.3 is 28.5 Å². The second kappa shape index (κ2) is 22.2. The van der Waals surface area contributed by atoms with Crippen molar-refractivity contribution in [2.75, 3.05) is 27.1 Å². The summed E-state index contributed by atoms with van der Waals surface area (Å²) in [5, 5.41) is 11.1. The molecule has 1 heterocycles. The second-order valence-corrected chi connectivity index (χ2v) is 17.7. The molecule has 1 aliphatic heterocycles. The Bertz CT molecular complexity index is 1240. The number of aliphatic hydroxyl groups excluding tert-OH is 1.